The van der Waals surface area contributed by atoms with Gasteiger partial charge in [-0.1, -0.05) is 30.7 Å². The van der Waals surface area contributed by atoms with Gasteiger partial charge in [0.1, 0.15) is 5.75 Å². The zero-order valence-electron chi connectivity index (χ0n) is 14.9. The Morgan fingerprint density at radius 3 is 2.48 bits per heavy atom. The molecule has 144 valence electrons. The van der Waals surface area contributed by atoms with E-state index in [2.05, 4.69) is 15.2 Å². The summed E-state index contributed by atoms with van der Waals surface area (Å²) in [6.45, 7) is 3.91. The first-order valence-electron chi connectivity index (χ1n) is 8.18. The zero-order chi connectivity index (χ0) is 20.0. The minimum Gasteiger partial charge on any atom is -0.507 e. The number of phenolic OH excluding ortho intramolecular Hbond substituents is 1. The van der Waals surface area contributed by atoms with Gasteiger partial charge in [-0.25, -0.2) is 18.6 Å². The van der Waals surface area contributed by atoms with E-state index in [1.54, 1.807) is 19.1 Å². The minimum atomic E-state index is -3.54. The highest BCUT2D eigenvalue weighted by Gasteiger charge is 2.14. The molecule has 0 aliphatic heterocycles. The summed E-state index contributed by atoms with van der Waals surface area (Å²) in [6, 6.07) is 10.3. The van der Waals surface area contributed by atoms with Crippen LogP contribution in [0.25, 0.3) is 0 Å². The number of halogens is 1. The van der Waals surface area contributed by atoms with Gasteiger partial charge in [-0.05, 0) is 49.2 Å². The second-order valence-electron chi connectivity index (χ2n) is 5.72. The highest BCUT2D eigenvalue weighted by molar-refractivity contribution is 7.89. The molecule has 0 fully saturated rings. The average Bonchev–Trinajstić information content (AvgIpc) is 2.66. The van der Waals surface area contributed by atoms with Crippen LogP contribution in [-0.2, 0) is 10.0 Å². The Labute approximate surface area is 163 Å². The fraction of sp³-hybridized carbons (Fsp3) is 0.222. The molecule has 0 bridgehead atoms. The van der Waals surface area contributed by atoms with Crippen molar-refractivity contribution in [2.45, 2.75) is 25.2 Å². The van der Waals surface area contributed by atoms with E-state index in [1.165, 1.54) is 30.3 Å². The molecule has 0 saturated carbocycles. The van der Waals surface area contributed by atoms with Crippen molar-refractivity contribution in [3.05, 3.63) is 58.6 Å². The summed E-state index contributed by atoms with van der Waals surface area (Å²) in [4.78, 5) is 12.3. The summed E-state index contributed by atoms with van der Waals surface area (Å²) in [7, 11) is -3.54. The molecule has 0 unspecified atom stereocenters. The highest BCUT2D eigenvalue weighted by Crippen LogP contribution is 2.21. The van der Waals surface area contributed by atoms with Gasteiger partial charge in [0.15, 0.2) is 0 Å². The molecule has 7 nitrogen and oxygen atoms in total. The van der Waals surface area contributed by atoms with Crippen molar-refractivity contribution in [2.75, 3.05) is 6.54 Å². The lowest BCUT2D eigenvalue weighted by Gasteiger charge is -2.07. The first-order valence-corrected chi connectivity index (χ1v) is 10.0. The Hall–Kier alpha value is -2.42. The number of aromatic hydroxyl groups is 1. The quantitative estimate of drug-likeness (QED) is 0.482. The van der Waals surface area contributed by atoms with Crippen LogP contribution in [0.15, 0.2) is 52.5 Å². The molecule has 1 amide bonds. The van der Waals surface area contributed by atoms with E-state index >= 15 is 0 Å². The molecular formula is C18H20ClN3O4S. The Morgan fingerprint density at radius 2 is 1.85 bits per heavy atom. The van der Waals surface area contributed by atoms with E-state index in [4.69, 9.17) is 11.6 Å². The van der Waals surface area contributed by atoms with Crippen molar-refractivity contribution < 1.29 is 18.3 Å². The maximum Gasteiger partial charge on any atom is 0.275 e. The molecule has 27 heavy (non-hydrogen) atoms. The monoisotopic (exact) mass is 409 g/mol. The number of hydrazone groups is 1. The second-order valence-corrected chi connectivity index (χ2v) is 7.93. The Morgan fingerprint density at radius 1 is 1.19 bits per heavy atom. The summed E-state index contributed by atoms with van der Waals surface area (Å²) in [5.41, 5.74) is 3.45. The molecule has 0 spiro atoms. The summed E-state index contributed by atoms with van der Waals surface area (Å²) in [5.74, 6) is -0.823. The summed E-state index contributed by atoms with van der Waals surface area (Å²) in [5, 5.41) is 14.0. The van der Waals surface area contributed by atoms with Gasteiger partial charge in [0, 0.05) is 11.6 Å². The van der Waals surface area contributed by atoms with Crippen LogP contribution in [0.5, 0.6) is 5.75 Å². The van der Waals surface area contributed by atoms with Crippen molar-refractivity contribution in [3.8, 4) is 5.75 Å². The molecule has 0 atom stereocenters. The molecule has 2 aromatic carbocycles. The van der Waals surface area contributed by atoms with Gasteiger partial charge in [0.2, 0.25) is 10.0 Å². The maximum absolute atomic E-state index is 12.1. The number of hydrogen-bond donors (Lipinski definition) is 3. The lowest BCUT2D eigenvalue weighted by Crippen LogP contribution is -2.24. The topological polar surface area (TPSA) is 108 Å². The molecule has 3 N–H and O–H groups in total. The van der Waals surface area contributed by atoms with Crippen LogP contribution in [0.3, 0.4) is 0 Å². The van der Waals surface area contributed by atoms with E-state index in [0.717, 1.165) is 0 Å². The SMILES string of the molecule is CCCNS(=O)(=O)c1ccc(/C(C)=N\NC(=O)c2cc(Cl)ccc2O)cc1. The van der Waals surface area contributed by atoms with Crippen molar-refractivity contribution in [1.29, 1.82) is 0 Å². The van der Waals surface area contributed by atoms with Crippen molar-refractivity contribution in [2.24, 2.45) is 5.10 Å². The lowest BCUT2D eigenvalue weighted by molar-refractivity contribution is 0.0952. The molecule has 9 heteroatoms. The number of phenols is 1. The number of carbonyl (C=O) groups is 1. The van der Waals surface area contributed by atoms with Gasteiger partial charge in [0.25, 0.3) is 5.91 Å². The lowest BCUT2D eigenvalue weighted by atomic mass is 10.1. The molecule has 2 aromatic rings. The summed E-state index contributed by atoms with van der Waals surface area (Å²) >= 11 is 5.82. The average molecular weight is 410 g/mol. The number of hydrogen-bond acceptors (Lipinski definition) is 5. The van der Waals surface area contributed by atoms with Gasteiger partial charge in [-0.3, -0.25) is 4.79 Å². The van der Waals surface area contributed by atoms with Crippen molar-refractivity contribution in [3.63, 3.8) is 0 Å². The van der Waals surface area contributed by atoms with Crippen LogP contribution in [0.1, 0.15) is 36.2 Å². The maximum atomic E-state index is 12.1. The normalized spacial score (nSPS) is 12.0. The van der Waals surface area contributed by atoms with Gasteiger partial charge < -0.3 is 5.11 Å². The number of nitrogens with one attached hydrogen (secondary N) is 2. The molecule has 0 aliphatic carbocycles. The summed E-state index contributed by atoms with van der Waals surface area (Å²) in [6.07, 6.45) is 0.699. The predicted molar refractivity (Wildman–Crippen MR) is 105 cm³/mol. The highest BCUT2D eigenvalue weighted by atomic mass is 35.5. The van der Waals surface area contributed by atoms with Gasteiger partial charge in [0.05, 0.1) is 16.2 Å². The molecular weight excluding hydrogens is 390 g/mol. The second kappa shape index (κ2) is 8.98. The van der Waals surface area contributed by atoms with E-state index < -0.39 is 15.9 Å². The molecule has 2 rings (SSSR count). The van der Waals surface area contributed by atoms with E-state index in [-0.39, 0.29) is 16.2 Å². The first kappa shape index (κ1) is 20.9. The van der Waals surface area contributed by atoms with Crippen LogP contribution < -0.4 is 10.1 Å². The Balaban J connectivity index is 2.12. The van der Waals surface area contributed by atoms with Gasteiger partial charge in [-0.15, -0.1) is 0 Å². The van der Waals surface area contributed by atoms with Gasteiger partial charge in [-0.2, -0.15) is 5.10 Å². The molecule has 0 saturated heterocycles. The smallest absolute Gasteiger partial charge is 0.275 e. The number of sulfonamides is 1. The fourth-order valence-corrected chi connectivity index (χ4v) is 3.45. The van der Waals surface area contributed by atoms with Crippen molar-refractivity contribution in [1.82, 2.24) is 10.1 Å². The van der Waals surface area contributed by atoms with E-state index in [0.29, 0.717) is 29.3 Å². The third kappa shape index (κ3) is 5.53. The van der Waals surface area contributed by atoms with Crippen molar-refractivity contribution >= 4 is 33.2 Å². The number of amides is 1. The van der Waals surface area contributed by atoms with Gasteiger partial charge >= 0.3 is 0 Å². The van der Waals surface area contributed by atoms with Crippen LogP contribution in [0, 0.1) is 0 Å². The Kier molecular flexibility index (Phi) is 6.95. The third-order valence-corrected chi connectivity index (χ3v) is 5.36. The molecule has 0 aromatic heterocycles. The molecule has 0 heterocycles. The van der Waals surface area contributed by atoms with Crippen LogP contribution in [0.2, 0.25) is 5.02 Å². The largest absolute Gasteiger partial charge is 0.507 e. The van der Waals surface area contributed by atoms with E-state index in [9.17, 15) is 18.3 Å². The van der Waals surface area contributed by atoms with E-state index in [1.807, 2.05) is 6.92 Å². The molecule has 0 aliphatic rings. The zero-order valence-corrected chi connectivity index (χ0v) is 16.4. The predicted octanol–water partition coefficient (Wildman–Crippen LogP) is 2.89. The number of benzene rings is 2. The number of nitrogens with zero attached hydrogens (tertiary/aromatic N) is 1. The summed E-state index contributed by atoms with van der Waals surface area (Å²) < 4.78 is 26.6. The Bertz CT molecular complexity index is 957. The number of carbonyl (C=O) groups excluding carboxylic acids is 1. The third-order valence-electron chi connectivity index (χ3n) is 3.65. The number of rotatable bonds is 7. The first-order chi connectivity index (χ1) is 12.7. The van der Waals surface area contributed by atoms with Crippen LogP contribution in [-0.4, -0.2) is 31.7 Å². The van der Waals surface area contributed by atoms with Crippen LogP contribution >= 0.6 is 11.6 Å². The fourth-order valence-electron chi connectivity index (χ4n) is 2.14. The minimum absolute atomic E-state index is 0.00231. The molecule has 0 radical (unpaired) electrons. The van der Waals surface area contributed by atoms with Crippen LogP contribution in [0.4, 0.5) is 0 Å². The standard InChI is InChI=1S/C18H20ClN3O4S/c1-3-10-20-27(25,26)15-7-4-13(5-8-15)12(2)21-22-18(24)16-11-14(19)6-9-17(16)23/h4-9,11,20,23H,3,10H2,1-2H3,(H,22,24)/b21-12-.